The van der Waals surface area contributed by atoms with Crippen LogP contribution in [0, 0.1) is 0 Å². The minimum atomic E-state index is 0.770. The molecule has 0 unspecified atom stereocenters. The monoisotopic (exact) mass is 649 g/mol. The van der Waals surface area contributed by atoms with Crippen molar-refractivity contribution < 1.29 is 0 Å². The Hall–Kier alpha value is -6.71. The van der Waals surface area contributed by atoms with Crippen LogP contribution in [0.2, 0.25) is 0 Å². The van der Waals surface area contributed by atoms with E-state index in [0.717, 1.165) is 12.2 Å². The first-order valence-electron chi connectivity index (χ1n) is 17.6. The predicted molar refractivity (Wildman–Crippen MR) is 213 cm³/mol. The number of pyridine rings is 1. The second-order valence-electron chi connectivity index (χ2n) is 13.5. The van der Waals surface area contributed by atoms with Gasteiger partial charge in [-0.05, 0) is 108 Å². The second-order valence-corrected chi connectivity index (χ2v) is 13.5. The first kappa shape index (κ1) is 28.2. The van der Waals surface area contributed by atoms with Crippen molar-refractivity contribution in [3.63, 3.8) is 0 Å². The van der Waals surface area contributed by atoms with Crippen LogP contribution in [-0.4, -0.2) is 9.55 Å². The average Bonchev–Trinajstić information content (AvgIpc) is 3.72. The third-order valence-corrected chi connectivity index (χ3v) is 10.9. The highest BCUT2D eigenvalue weighted by Gasteiger charge is 2.31. The minimum absolute atomic E-state index is 0.770. The van der Waals surface area contributed by atoms with Gasteiger partial charge < -0.3 is 9.88 Å². The molecule has 238 valence electrons. The molecule has 51 heavy (non-hydrogen) atoms. The number of nitrogens with zero attached hydrogens (tertiary/aromatic N) is 2. The van der Waals surface area contributed by atoms with Crippen LogP contribution in [0.4, 0.5) is 0 Å². The van der Waals surface area contributed by atoms with Gasteiger partial charge in [-0.1, -0.05) is 127 Å². The Labute approximate surface area is 295 Å². The van der Waals surface area contributed by atoms with E-state index in [1.54, 1.807) is 0 Å². The van der Waals surface area contributed by atoms with Crippen molar-refractivity contribution in [2.75, 3.05) is 0 Å². The maximum absolute atomic E-state index is 4.47. The van der Waals surface area contributed by atoms with Crippen LogP contribution >= 0.6 is 0 Å². The number of hydrogen-bond acceptors (Lipinski definition) is 2. The molecule has 1 aliphatic carbocycles. The normalized spacial score (nSPS) is 12.7. The van der Waals surface area contributed by atoms with Crippen molar-refractivity contribution in [2.24, 2.45) is 0 Å². The number of aromatic nitrogens is 2. The number of rotatable bonds is 4. The Morgan fingerprint density at radius 3 is 1.88 bits per heavy atom. The summed E-state index contributed by atoms with van der Waals surface area (Å²) in [5, 5.41) is 9.76. The van der Waals surface area contributed by atoms with Gasteiger partial charge in [0.15, 0.2) is 0 Å². The molecule has 0 fully saturated rings. The number of hydrogen-bond donors (Lipinski definition) is 1. The first-order chi connectivity index (χ1) is 25.3. The van der Waals surface area contributed by atoms with Crippen LogP contribution < -0.4 is 5.32 Å². The summed E-state index contributed by atoms with van der Waals surface area (Å²) < 4.78 is 2.39. The number of fused-ring (bicyclic) bond motifs is 7. The summed E-state index contributed by atoms with van der Waals surface area (Å²) in [6.07, 6.45) is 8.08. The van der Waals surface area contributed by atoms with Gasteiger partial charge in [-0.2, -0.15) is 0 Å². The molecule has 3 heterocycles. The van der Waals surface area contributed by atoms with E-state index < -0.39 is 0 Å². The molecule has 0 amide bonds. The van der Waals surface area contributed by atoms with Gasteiger partial charge >= 0.3 is 0 Å². The standard InChI is InChI=1S/C48H31N3/c1-3-11-30(12-4-1)44-37-17-7-8-18-38(37)45(31-13-5-2-6-14-31)48-40-22-21-34(36-19-10-20-39(46(36)40)47(44)48)32-15-9-16-33(27-32)51-42-24-26-49-28-41(42)35-23-25-50-29-43(35)51/h1-28,50H,29H2. The fraction of sp³-hybridized carbons (Fsp3) is 0.0208. The van der Waals surface area contributed by atoms with Crippen molar-refractivity contribution in [3.05, 3.63) is 175 Å². The van der Waals surface area contributed by atoms with E-state index in [4.69, 9.17) is 0 Å². The van der Waals surface area contributed by atoms with Gasteiger partial charge in [-0.15, -0.1) is 0 Å². The van der Waals surface area contributed by atoms with Crippen LogP contribution in [0.3, 0.4) is 0 Å². The molecule has 1 aliphatic heterocycles. The molecule has 3 nitrogen and oxygen atoms in total. The Morgan fingerprint density at radius 2 is 1.14 bits per heavy atom. The lowest BCUT2D eigenvalue weighted by Crippen LogP contribution is -2.13. The second kappa shape index (κ2) is 10.9. The first-order valence-corrected chi connectivity index (χ1v) is 17.6. The van der Waals surface area contributed by atoms with Gasteiger partial charge in [-0.25, -0.2) is 0 Å². The highest BCUT2D eigenvalue weighted by Crippen LogP contribution is 2.58. The zero-order valence-corrected chi connectivity index (χ0v) is 27.8. The molecule has 0 saturated carbocycles. The fourth-order valence-corrected chi connectivity index (χ4v) is 8.84. The van der Waals surface area contributed by atoms with E-state index in [1.807, 2.05) is 18.6 Å². The quantitative estimate of drug-likeness (QED) is 0.206. The smallest absolute Gasteiger partial charge is 0.0569 e. The van der Waals surface area contributed by atoms with Gasteiger partial charge in [0.1, 0.15) is 0 Å². The molecule has 3 heteroatoms. The maximum atomic E-state index is 4.47. The summed E-state index contributed by atoms with van der Waals surface area (Å²) in [5.74, 6) is 0. The van der Waals surface area contributed by atoms with Crippen molar-refractivity contribution in [3.8, 4) is 61.3 Å². The van der Waals surface area contributed by atoms with Crippen molar-refractivity contribution in [2.45, 2.75) is 6.54 Å². The van der Waals surface area contributed by atoms with Crippen LogP contribution in [0.1, 0.15) is 11.3 Å². The molecular weight excluding hydrogens is 619 g/mol. The SMILES string of the molecule is C1=Cc2c(n(-c3cccc(-c4ccc5c6c(cccc46)-c4c-5c(-c5ccccc5)c5ccccc5c4-c4ccccc4)c3)c3ccncc23)CN1. The summed E-state index contributed by atoms with van der Waals surface area (Å²) >= 11 is 0. The Morgan fingerprint density at radius 1 is 0.510 bits per heavy atom. The number of nitrogens with one attached hydrogen (secondary N) is 1. The molecule has 0 atom stereocenters. The Balaban J connectivity index is 1.19. The van der Waals surface area contributed by atoms with Gasteiger partial charge in [-0.3, -0.25) is 4.98 Å². The van der Waals surface area contributed by atoms with Crippen LogP contribution in [0.25, 0.3) is 99.8 Å². The van der Waals surface area contributed by atoms with Gasteiger partial charge in [0.2, 0.25) is 0 Å². The summed E-state index contributed by atoms with van der Waals surface area (Å²) in [5.41, 5.74) is 17.6. The predicted octanol–water partition coefficient (Wildman–Crippen LogP) is 12.1. The highest BCUT2D eigenvalue weighted by molar-refractivity contribution is 6.28. The van der Waals surface area contributed by atoms with Gasteiger partial charge in [0.05, 0.1) is 17.8 Å². The summed E-state index contributed by atoms with van der Waals surface area (Å²) in [6.45, 7) is 0.770. The largest absolute Gasteiger partial charge is 0.385 e. The van der Waals surface area contributed by atoms with E-state index in [9.17, 15) is 0 Å². The van der Waals surface area contributed by atoms with Crippen LogP contribution in [-0.2, 0) is 6.54 Å². The molecule has 2 aromatic heterocycles. The third-order valence-electron chi connectivity index (χ3n) is 10.9. The zero-order valence-electron chi connectivity index (χ0n) is 27.8. The van der Waals surface area contributed by atoms with E-state index in [0.29, 0.717) is 0 Å². The Kier molecular flexibility index (Phi) is 6.02. The highest BCUT2D eigenvalue weighted by atomic mass is 15.0. The van der Waals surface area contributed by atoms with E-state index >= 15 is 0 Å². The molecule has 0 saturated heterocycles. The van der Waals surface area contributed by atoms with Gasteiger partial charge in [0.25, 0.3) is 0 Å². The molecule has 7 aromatic carbocycles. The molecule has 11 rings (SSSR count). The molecule has 1 N–H and O–H groups in total. The number of benzene rings is 7. The van der Waals surface area contributed by atoms with E-state index in [-0.39, 0.29) is 0 Å². The molecule has 0 spiro atoms. The molecule has 0 bridgehead atoms. The lowest BCUT2D eigenvalue weighted by Gasteiger charge is -2.20. The third kappa shape index (κ3) is 4.03. The van der Waals surface area contributed by atoms with Crippen molar-refractivity contribution in [1.82, 2.24) is 14.9 Å². The molecule has 9 aromatic rings. The molecular formula is C48H31N3. The van der Waals surface area contributed by atoms with Gasteiger partial charge in [0, 0.05) is 29.0 Å². The summed E-state index contributed by atoms with van der Waals surface area (Å²) in [6, 6.07) is 53.6. The zero-order chi connectivity index (χ0) is 33.5. The lowest BCUT2D eigenvalue weighted by molar-refractivity contribution is 0.803. The Bertz CT molecular complexity index is 2800. The van der Waals surface area contributed by atoms with Crippen LogP contribution in [0.5, 0.6) is 0 Å². The van der Waals surface area contributed by atoms with Crippen LogP contribution in [0.15, 0.2) is 164 Å². The topological polar surface area (TPSA) is 29.9 Å². The maximum Gasteiger partial charge on any atom is 0.0569 e. The van der Waals surface area contributed by atoms with E-state index in [2.05, 4.69) is 167 Å². The molecule has 2 aliphatic rings. The average molecular weight is 650 g/mol. The van der Waals surface area contributed by atoms with Crippen molar-refractivity contribution >= 4 is 38.5 Å². The fourth-order valence-electron chi connectivity index (χ4n) is 8.84. The summed E-state index contributed by atoms with van der Waals surface area (Å²) in [7, 11) is 0. The van der Waals surface area contributed by atoms with Crippen molar-refractivity contribution in [1.29, 1.82) is 0 Å². The minimum Gasteiger partial charge on any atom is -0.385 e. The van der Waals surface area contributed by atoms with E-state index in [1.165, 1.54) is 99.3 Å². The summed E-state index contributed by atoms with van der Waals surface area (Å²) in [4.78, 5) is 4.47. The lowest BCUT2D eigenvalue weighted by atomic mass is 9.82. The molecule has 0 radical (unpaired) electrons.